The summed E-state index contributed by atoms with van der Waals surface area (Å²) in [5, 5.41) is 8.93. The molecule has 4 nitrogen and oxygen atoms in total. The summed E-state index contributed by atoms with van der Waals surface area (Å²) >= 11 is 0. The number of hydrogen-bond donors (Lipinski definition) is 2. The van der Waals surface area contributed by atoms with Crippen molar-refractivity contribution in [1.82, 2.24) is 0 Å². The van der Waals surface area contributed by atoms with Gasteiger partial charge in [0.2, 0.25) is 0 Å². The summed E-state index contributed by atoms with van der Waals surface area (Å²) in [4.78, 5) is 10.4. The van der Waals surface area contributed by atoms with Gasteiger partial charge in [0.25, 0.3) is 0 Å². The van der Waals surface area contributed by atoms with Gasteiger partial charge in [0.15, 0.2) is 0 Å². The molecule has 0 aromatic heterocycles. The van der Waals surface area contributed by atoms with Crippen molar-refractivity contribution < 1.29 is 14.6 Å². The minimum atomic E-state index is -0.831. The van der Waals surface area contributed by atoms with E-state index in [1.165, 1.54) is 0 Å². The molecular weight excluding hydrogens is 158 g/mol. The minimum absolute atomic E-state index is 0.185. The van der Waals surface area contributed by atoms with Gasteiger partial charge in [-0.15, -0.1) is 0 Å². The second-order valence-corrected chi connectivity index (χ2v) is 3.13. The van der Waals surface area contributed by atoms with E-state index in [0.717, 1.165) is 12.8 Å². The van der Waals surface area contributed by atoms with E-state index in [9.17, 15) is 4.79 Å². The molecule has 1 unspecified atom stereocenters. The normalized spacial score (nSPS) is 15.2. The zero-order chi connectivity index (χ0) is 9.61. The fourth-order valence-corrected chi connectivity index (χ4v) is 0.956. The van der Waals surface area contributed by atoms with Crippen LogP contribution in [0.3, 0.4) is 0 Å². The zero-order valence-electron chi connectivity index (χ0n) is 7.67. The number of aliphatic hydroxyl groups excluding tert-OH is 1. The highest BCUT2D eigenvalue weighted by Crippen LogP contribution is 2.17. The highest BCUT2D eigenvalue weighted by Gasteiger charge is 2.26. The molecule has 0 aromatic rings. The molecule has 1 atom stereocenters. The number of nitrogens with two attached hydrogens (primary N) is 1. The van der Waals surface area contributed by atoms with Gasteiger partial charge in [0, 0.05) is 0 Å². The number of carbonyl (C=O) groups excluding carboxylic acids is 1. The maximum atomic E-state index is 10.4. The molecule has 0 fully saturated rings. The van der Waals surface area contributed by atoms with Gasteiger partial charge < -0.3 is 15.6 Å². The predicted octanol–water partition coefficient (Wildman–Crippen LogP) is 1.02. The van der Waals surface area contributed by atoms with E-state index in [2.05, 4.69) is 0 Å². The van der Waals surface area contributed by atoms with E-state index >= 15 is 0 Å². The van der Waals surface area contributed by atoms with Gasteiger partial charge in [-0.2, -0.15) is 0 Å². The lowest BCUT2D eigenvalue weighted by atomic mass is 10.0. The van der Waals surface area contributed by atoms with Crippen molar-refractivity contribution in [3.8, 4) is 0 Å². The number of rotatable bonds is 5. The molecule has 1 amide bonds. The van der Waals surface area contributed by atoms with Gasteiger partial charge in [-0.1, -0.05) is 13.3 Å². The number of primary amides is 1. The molecule has 0 aliphatic heterocycles. The van der Waals surface area contributed by atoms with E-state index in [1.54, 1.807) is 6.92 Å². The lowest BCUT2D eigenvalue weighted by Gasteiger charge is -2.26. The Bertz CT molecular complexity index is 149. The lowest BCUT2D eigenvalue weighted by molar-refractivity contribution is -0.0197. The molecule has 0 rings (SSSR count). The summed E-state index contributed by atoms with van der Waals surface area (Å²) in [6.07, 6.45) is 1.72. The fraction of sp³-hybridized carbons (Fsp3) is 0.875. The average Bonchev–Trinajstić information content (AvgIpc) is 2.00. The highest BCUT2D eigenvalue weighted by atomic mass is 16.6. The van der Waals surface area contributed by atoms with Crippen LogP contribution < -0.4 is 5.73 Å². The first-order chi connectivity index (χ1) is 5.54. The Morgan fingerprint density at radius 2 is 2.25 bits per heavy atom. The summed E-state index contributed by atoms with van der Waals surface area (Å²) in [5.74, 6) is 0. The minimum Gasteiger partial charge on any atom is -0.441 e. The molecule has 3 N–H and O–H groups in total. The van der Waals surface area contributed by atoms with E-state index in [1.807, 2.05) is 6.92 Å². The smallest absolute Gasteiger partial charge is 0.405 e. The predicted molar refractivity (Wildman–Crippen MR) is 45.7 cm³/mol. The van der Waals surface area contributed by atoms with Gasteiger partial charge in [0.05, 0.1) is 6.61 Å². The number of ether oxygens (including phenoxy) is 1. The number of amides is 1. The SMILES string of the molecule is CCCCC(C)(CO)OC(N)=O. The zero-order valence-corrected chi connectivity index (χ0v) is 7.67. The molecule has 0 spiro atoms. The molecule has 0 aromatic carbocycles. The molecule has 0 radical (unpaired) electrons. The molecule has 0 aliphatic rings. The van der Waals surface area contributed by atoms with E-state index in [0.29, 0.717) is 6.42 Å². The Labute approximate surface area is 72.7 Å². The molecule has 0 saturated heterocycles. The number of hydrogen-bond acceptors (Lipinski definition) is 3. The van der Waals surface area contributed by atoms with E-state index < -0.39 is 11.7 Å². The van der Waals surface area contributed by atoms with Crippen molar-refractivity contribution in [2.75, 3.05) is 6.61 Å². The van der Waals surface area contributed by atoms with Crippen molar-refractivity contribution in [3.63, 3.8) is 0 Å². The number of unbranched alkanes of at least 4 members (excludes halogenated alkanes) is 1. The maximum Gasteiger partial charge on any atom is 0.405 e. The second kappa shape index (κ2) is 4.98. The second-order valence-electron chi connectivity index (χ2n) is 3.13. The van der Waals surface area contributed by atoms with Crippen LogP contribution in [0, 0.1) is 0 Å². The maximum absolute atomic E-state index is 10.4. The third kappa shape index (κ3) is 4.18. The van der Waals surface area contributed by atoms with Gasteiger partial charge in [-0.05, 0) is 19.8 Å². The van der Waals surface area contributed by atoms with Crippen LogP contribution in [0.1, 0.15) is 33.1 Å². The van der Waals surface area contributed by atoms with Crippen LogP contribution in [-0.4, -0.2) is 23.4 Å². The van der Waals surface area contributed by atoms with Crippen LogP contribution in [0.15, 0.2) is 0 Å². The third-order valence-corrected chi connectivity index (χ3v) is 1.74. The van der Waals surface area contributed by atoms with Crippen LogP contribution in [0.5, 0.6) is 0 Å². The van der Waals surface area contributed by atoms with Crippen molar-refractivity contribution in [3.05, 3.63) is 0 Å². The van der Waals surface area contributed by atoms with Crippen molar-refractivity contribution in [2.24, 2.45) is 5.73 Å². The summed E-state index contributed by atoms with van der Waals surface area (Å²) in [7, 11) is 0. The molecule has 0 saturated carbocycles. The highest BCUT2D eigenvalue weighted by molar-refractivity contribution is 5.65. The van der Waals surface area contributed by atoms with Crippen LogP contribution in [0.4, 0.5) is 4.79 Å². The first-order valence-corrected chi connectivity index (χ1v) is 4.13. The first kappa shape index (κ1) is 11.2. The summed E-state index contributed by atoms with van der Waals surface area (Å²) in [6.45, 7) is 3.52. The van der Waals surface area contributed by atoms with Crippen LogP contribution >= 0.6 is 0 Å². The fourth-order valence-electron chi connectivity index (χ4n) is 0.956. The van der Waals surface area contributed by atoms with Crippen molar-refractivity contribution in [1.29, 1.82) is 0 Å². The monoisotopic (exact) mass is 175 g/mol. The van der Waals surface area contributed by atoms with Gasteiger partial charge in [-0.25, -0.2) is 4.79 Å². The van der Waals surface area contributed by atoms with Crippen LogP contribution in [-0.2, 0) is 4.74 Å². The molecule has 0 heterocycles. The largest absolute Gasteiger partial charge is 0.441 e. The standard InChI is InChI=1S/C8H17NO3/c1-3-4-5-8(2,6-10)12-7(9)11/h10H,3-6H2,1-2H3,(H2,9,11). The van der Waals surface area contributed by atoms with E-state index in [4.69, 9.17) is 15.6 Å². The quantitative estimate of drug-likeness (QED) is 0.655. The van der Waals surface area contributed by atoms with Crippen molar-refractivity contribution in [2.45, 2.75) is 38.7 Å². The lowest BCUT2D eigenvalue weighted by Crippen LogP contribution is -2.37. The molecule has 0 aliphatic carbocycles. The Morgan fingerprint density at radius 1 is 1.67 bits per heavy atom. The summed E-state index contributed by atoms with van der Waals surface area (Å²) in [6, 6.07) is 0. The Balaban J connectivity index is 3.95. The van der Waals surface area contributed by atoms with Crippen molar-refractivity contribution >= 4 is 6.09 Å². The molecule has 4 heteroatoms. The number of aliphatic hydroxyl groups is 1. The molecule has 12 heavy (non-hydrogen) atoms. The Morgan fingerprint density at radius 3 is 2.58 bits per heavy atom. The Hall–Kier alpha value is -0.770. The molecule has 72 valence electrons. The van der Waals surface area contributed by atoms with Crippen LogP contribution in [0.25, 0.3) is 0 Å². The third-order valence-electron chi connectivity index (χ3n) is 1.74. The van der Waals surface area contributed by atoms with Gasteiger partial charge in [-0.3, -0.25) is 0 Å². The topological polar surface area (TPSA) is 72.6 Å². The Kier molecular flexibility index (Phi) is 4.66. The van der Waals surface area contributed by atoms with Crippen LogP contribution in [0.2, 0.25) is 0 Å². The number of carbonyl (C=O) groups is 1. The van der Waals surface area contributed by atoms with Gasteiger partial charge in [0.1, 0.15) is 5.60 Å². The van der Waals surface area contributed by atoms with E-state index in [-0.39, 0.29) is 6.61 Å². The average molecular weight is 175 g/mol. The molecule has 0 bridgehead atoms. The summed E-state index contributed by atoms with van der Waals surface area (Å²) < 4.78 is 4.78. The molecular formula is C8H17NO3. The van der Waals surface area contributed by atoms with Gasteiger partial charge >= 0.3 is 6.09 Å². The summed E-state index contributed by atoms with van der Waals surface area (Å²) in [5.41, 5.74) is 4.05. The first-order valence-electron chi connectivity index (χ1n) is 4.13.